The normalized spacial score (nSPS) is 16.4. The Morgan fingerprint density at radius 3 is 2.90 bits per heavy atom. The number of nitrogens with one attached hydrogen (secondary N) is 2. The maximum atomic E-state index is 12.4. The van der Waals surface area contributed by atoms with Crippen LogP contribution in [0.1, 0.15) is 12.2 Å². The predicted octanol–water partition coefficient (Wildman–Crippen LogP) is 2.62. The van der Waals surface area contributed by atoms with Crippen LogP contribution in [-0.4, -0.2) is 39.9 Å². The Bertz CT molecular complexity index is 1060. The fourth-order valence-electron chi connectivity index (χ4n) is 3.36. The average molecular weight is 459 g/mol. The second kappa shape index (κ2) is 8.12. The van der Waals surface area contributed by atoms with Crippen molar-refractivity contribution >= 4 is 44.7 Å². The first-order valence-electron chi connectivity index (χ1n) is 9.16. The first kappa shape index (κ1) is 19.3. The van der Waals surface area contributed by atoms with Gasteiger partial charge in [0.05, 0.1) is 19.2 Å². The molecule has 4 rings (SSSR count). The highest BCUT2D eigenvalue weighted by Gasteiger charge is 2.39. The van der Waals surface area contributed by atoms with Crippen molar-refractivity contribution < 1.29 is 18.8 Å². The van der Waals surface area contributed by atoms with E-state index in [9.17, 15) is 14.4 Å². The molecule has 29 heavy (non-hydrogen) atoms. The lowest BCUT2D eigenvalue weighted by Gasteiger charge is -2.12. The zero-order valence-corrected chi connectivity index (χ0v) is 17.0. The van der Waals surface area contributed by atoms with Crippen molar-refractivity contribution in [2.45, 2.75) is 25.6 Å². The second-order valence-electron chi connectivity index (χ2n) is 6.77. The van der Waals surface area contributed by atoms with E-state index in [0.29, 0.717) is 18.8 Å². The molecule has 1 aliphatic rings. The van der Waals surface area contributed by atoms with Crippen LogP contribution >= 0.6 is 15.9 Å². The van der Waals surface area contributed by atoms with Crippen LogP contribution in [-0.2, 0) is 22.7 Å². The lowest BCUT2D eigenvalue weighted by Crippen LogP contribution is -2.37. The van der Waals surface area contributed by atoms with E-state index in [4.69, 9.17) is 4.42 Å². The van der Waals surface area contributed by atoms with E-state index in [2.05, 4.69) is 31.1 Å². The zero-order chi connectivity index (χ0) is 20.4. The zero-order valence-electron chi connectivity index (χ0n) is 15.4. The summed E-state index contributed by atoms with van der Waals surface area (Å²) in [4.78, 5) is 37.8. The number of fused-ring (bicyclic) bond motifs is 1. The molecule has 150 valence electrons. The molecular formula is C20H19BrN4O4. The van der Waals surface area contributed by atoms with E-state index in [1.807, 2.05) is 30.5 Å². The summed E-state index contributed by atoms with van der Waals surface area (Å²) in [6.07, 6.45) is 3.35. The van der Waals surface area contributed by atoms with Gasteiger partial charge in [-0.2, -0.15) is 0 Å². The summed E-state index contributed by atoms with van der Waals surface area (Å²) in [5.41, 5.74) is 1.08. The van der Waals surface area contributed by atoms with E-state index >= 15 is 0 Å². The van der Waals surface area contributed by atoms with Gasteiger partial charge >= 0.3 is 6.03 Å². The maximum Gasteiger partial charge on any atom is 0.325 e. The molecule has 8 nitrogen and oxygen atoms in total. The number of amides is 4. The van der Waals surface area contributed by atoms with Crippen LogP contribution in [0, 0.1) is 0 Å². The van der Waals surface area contributed by atoms with Gasteiger partial charge in [-0.1, -0.05) is 15.9 Å². The number of hydrogen-bond donors (Lipinski definition) is 2. The molecule has 2 aromatic heterocycles. The fourth-order valence-corrected chi connectivity index (χ4v) is 3.74. The summed E-state index contributed by atoms with van der Waals surface area (Å²) < 4.78 is 8.24. The molecule has 1 saturated heterocycles. The number of nitrogens with zero attached hydrogens (tertiary/aromatic N) is 2. The lowest BCUT2D eigenvalue weighted by atomic mass is 10.2. The average Bonchev–Trinajstić information content (AvgIpc) is 3.39. The van der Waals surface area contributed by atoms with Gasteiger partial charge in [0.15, 0.2) is 0 Å². The van der Waals surface area contributed by atoms with Crippen LogP contribution in [0.4, 0.5) is 4.79 Å². The number of urea groups is 1. The van der Waals surface area contributed by atoms with Crippen LogP contribution < -0.4 is 10.6 Å². The first-order valence-corrected chi connectivity index (χ1v) is 9.96. The molecule has 3 heterocycles. The molecule has 1 aliphatic heterocycles. The highest BCUT2D eigenvalue weighted by atomic mass is 79.9. The molecular weight excluding hydrogens is 440 g/mol. The van der Waals surface area contributed by atoms with E-state index in [0.717, 1.165) is 20.3 Å². The Morgan fingerprint density at radius 2 is 2.10 bits per heavy atom. The Morgan fingerprint density at radius 1 is 1.24 bits per heavy atom. The third-order valence-electron chi connectivity index (χ3n) is 4.80. The highest BCUT2D eigenvalue weighted by molar-refractivity contribution is 9.10. The van der Waals surface area contributed by atoms with Crippen molar-refractivity contribution in [3.05, 3.63) is 59.1 Å². The standard InChI is InChI=1S/C20H19BrN4O4/c21-14-3-4-17-13(10-14)5-7-24(17)8-6-22-18(26)11-16-19(27)25(20(28)23-16)12-15-2-1-9-29-15/h1-5,7,9-10,16H,6,8,11-12H2,(H,22,26)(H,23,28)/t16-/m1/s1. The summed E-state index contributed by atoms with van der Waals surface area (Å²) in [5.74, 6) is -0.212. The summed E-state index contributed by atoms with van der Waals surface area (Å²) in [7, 11) is 0. The molecule has 3 aromatic rings. The molecule has 0 bridgehead atoms. The Kier molecular flexibility index (Phi) is 5.39. The van der Waals surface area contributed by atoms with Gasteiger partial charge in [-0.3, -0.25) is 14.5 Å². The van der Waals surface area contributed by atoms with Crippen molar-refractivity contribution in [3.63, 3.8) is 0 Å². The predicted molar refractivity (Wildman–Crippen MR) is 109 cm³/mol. The van der Waals surface area contributed by atoms with Gasteiger partial charge in [0.25, 0.3) is 5.91 Å². The SMILES string of the molecule is O=C(C[C@H]1NC(=O)N(Cc2ccco2)C1=O)NCCn1ccc2cc(Br)ccc21. The third kappa shape index (κ3) is 4.19. The second-order valence-corrected chi connectivity index (χ2v) is 7.69. The summed E-state index contributed by atoms with van der Waals surface area (Å²) in [6, 6.07) is 10.0. The Hall–Kier alpha value is -3.07. The number of imide groups is 1. The number of rotatable bonds is 7. The van der Waals surface area contributed by atoms with Crippen LogP contribution in [0.15, 0.2) is 57.7 Å². The maximum absolute atomic E-state index is 12.4. The fraction of sp³-hybridized carbons (Fsp3) is 0.250. The van der Waals surface area contributed by atoms with Crippen molar-refractivity contribution in [1.29, 1.82) is 0 Å². The van der Waals surface area contributed by atoms with Gasteiger partial charge in [0.1, 0.15) is 11.8 Å². The molecule has 1 atom stereocenters. The van der Waals surface area contributed by atoms with Gasteiger partial charge in [-0.05, 0) is 36.4 Å². The summed E-state index contributed by atoms with van der Waals surface area (Å²) in [5, 5.41) is 6.48. The number of furan rings is 1. The molecule has 1 aromatic carbocycles. The van der Waals surface area contributed by atoms with Crippen LogP contribution in [0.25, 0.3) is 10.9 Å². The number of carbonyl (C=O) groups is 3. The number of carbonyl (C=O) groups excluding carboxylic acids is 3. The van der Waals surface area contributed by atoms with Crippen LogP contribution in [0.5, 0.6) is 0 Å². The van der Waals surface area contributed by atoms with E-state index in [1.165, 1.54) is 6.26 Å². The molecule has 0 spiro atoms. The van der Waals surface area contributed by atoms with Crippen molar-refractivity contribution in [2.75, 3.05) is 6.54 Å². The van der Waals surface area contributed by atoms with Gasteiger partial charge in [-0.25, -0.2) is 4.79 Å². The van der Waals surface area contributed by atoms with Crippen molar-refractivity contribution in [2.24, 2.45) is 0 Å². The topological polar surface area (TPSA) is 96.6 Å². The summed E-state index contributed by atoms with van der Waals surface area (Å²) >= 11 is 3.45. The quantitative estimate of drug-likeness (QED) is 0.531. The number of benzene rings is 1. The van der Waals surface area contributed by atoms with Crippen molar-refractivity contribution in [1.82, 2.24) is 20.1 Å². The minimum absolute atomic E-state index is 0.0482. The molecule has 4 amide bonds. The van der Waals surface area contributed by atoms with E-state index < -0.39 is 18.0 Å². The summed E-state index contributed by atoms with van der Waals surface area (Å²) in [6.45, 7) is 1.07. The number of hydrogen-bond acceptors (Lipinski definition) is 4. The van der Waals surface area contributed by atoms with Gasteiger partial charge < -0.3 is 19.6 Å². The Labute approximate surface area is 175 Å². The number of aromatic nitrogens is 1. The molecule has 9 heteroatoms. The largest absolute Gasteiger partial charge is 0.467 e. The van der Waals surface area contributed by atoms with Gasteiger partial charge in [-0.15, -0.1) is 0 Å². The number of halogens is 1. The monoisotopic (exact) mass is 458 g/mol. The van der Waals surface area contributed by atoms with Crippen LogP contribution in [0.3, 0.4) is 0 Å². The minimum atomic E-state index is -0.859. The van der Waals surface area contributed by atoms with Gasteiger partial charge in [0, 0.05) is 34.7 Å². The molecule has 2 N–H and O–H groups in total. The smallest absolute Gasteiger partial charge is 0.325 e. The molecule has 1 fully saturated rings. The Balaban J connectivity index is 1.28. The molecule has 0 radical (unpaired) electrons. The van der Waals surface area contributed by atoms with Gasteiger partial charge in [0.2, 0.25) is 5.91 Å². The first-order chi connectivity index (χ1) is 14.0. The minimum Gasteiger partial charge on any atom is -0.467 e. The molecule has 0 saturated carbocycles. The third-order valence-corrected chi connectivity index (χ3v) is 5.29. The lowest BCUT2D eigenvalue weighted by molar-refractivity contribution is -0.131. The van der Waals surface area contributed by atoms with Crippen LogP contribution in [0.2, 0.25) is 0 Å². The van der Waals surface area contributed by atoms with Crippen molar-refractivity contribution in [3.8, 4) is 0 Å². The molecule has 0 aliphatic carbocycles. The van der Waals surface area contributed by atoms with E-state index in [-0.39, 0.29) is 18.9 Å². The highest BCUT2D eigenvalue weighted by Crippen LogP contribution is 2.20. The molecule has 0 unspecified atom stereocenters. The van der Waals surface area contributed by atoms with E-state index in [1.54, 1.807) is 12.1 Å².